The molecule has 3 N–H and O–H groups in total. The van der Waals surface area contributed by atoms with E-state index >= 15 is 0 Å². The Morgan fingerprint density at radius 1 is 1.80 bits per heavy atom. The van der Waals surface area contributed by atoms with Crippen LogP contribution in [0.15, 0.2) is 12.2 Å². The average Bonchev–Trinajstić information content (AvgIpc) is 1.85. The number of amides is 1. The number of nitrogens with two attached hydrogens (primary N) is 1. The molecule has 10 heavy (non-hydrogen) atoms. The van der Waals surface area contributed by atoms with E-state index in [0.717, 1.165) is 0 Å². The fourth-order valence-electron chi connectivity index (χ4n) is 0.469. The number of nitrogens with one attached hydrogen (secondary N) is 1. The molecule has 58 valence electrons. The van der Waals surface area contributed by atoms with Gasteiger partial charge in [-0.25, -0.2) is 0 Å². The Kier molecular flexibility index (Phi) is 3.72. The zero-order chi connectivity index (χ0) is 8.15. The number of carbonyl (C=O) groups is 1. The van der Waals surface area contributed by atoms with Crippen LogP contribution >= 0.6 is 0 Å². The van der Waals surface area contributed by atoms with Gasteiger partial charge in [0.15, 0.2) is 0 Å². The highest BCUT2D eigenvalue weighted by molar-refractivity contribution is 5.92. The van der Waals surface area contributed by atoms with E-state index in [2.05, 4.69) is 11.9 Å². The van der Waals surface area contributed by atoms with Crippen molar-refractivity contribution in [2.24, 2.45) is 5.73 Å². The summed E-state index contributed by atoms with van der Waals surface area (Å²) in [5.74, 6) is -0.155. The van der Waals surface area contributed by atoms with Gasteiger partial charge in [-0.15, -0.1) is 0 Å². The van der Waals surface area contributed by atoms with Crippen LogP contribution < -0.4 is 11.1 Å². The first-order valence-electron chi connectivity index (χ1n) is 3.32. The molecule has 0 aliphatic heterocycles. The summed E-state index contributed by atoms with van der Waals surface area (Å²) in [6.07, 6.45) is 0.370. The summed E-state index contributed by atoms with van der Waals surface area (Å²) in [7, 11) is 0. The maximum atomic E-state index is 10.9. The summed E-state index contributed by atoms with van der Waals surface area (Å²) < 4.78 is 0. The quantitative estimate of drug-likeness (QED) is 0.442. The summed E-state index contributed by atoms with van der Waals surface area (Å²) in [4.78, 5) is 10.9. The Hall–Kier alpha value is -0.830. The molecule has 3 heteroatoms. The molecule has 0 rings (SSSR count). The predicted octanol–water partition coefficient (Wildman–Crippen LogP) is 0.373. The van der Waals surface area contributed by atoms with Gasteiger partial charge in [0.2, 0.25) is 5.91 Å². The van der Waals surface area contributed by atoms with E-state index in [9.17, 15) is 4.79 Å². The third-order valence-corrected chi connectivity index (χ3v) is 1.11. The Bertz CT molecular complexity index is 141. The van der Waals surface area contributed by atoms with Crippen LogP contribution in [0.5, 0.6) is 0 Å². The van der Waals surface area contributed by atoms with Gasteiger partial charge >= 0.3 is 0 Å². The molecule has 0 radical (unpaired) electrons. The highest BCUT2D eigenvalue weighted by Gasteiger charge is 2.04. The summed E-state index contributed by atoms with van der Waals surface area (Å²) in [5, 5.41) is 2.53. The molecule has 1 amide bonds. The van der Waals surface area contributed by atoms with Crippen molar-refractivity contribution in [3.63, 3.8) is 0 Å². The predicted molar refractivity (Wildman–Crippen MR) is 41.2 cm³/mol. The number of rotatable bonds is 3. The van der Waals surface area contributed by atoms with E-state index in [1.807, 2.05) is 6.92 Å². The largest absolute Gasteiger partial charge is 0.338 e. The van der Waals surface area contributed by atoms with Gasteiger partial charge < -0.3 is 11.1 Å². The molecule has 0 aromatic heterocycles. The maximum Gasteiger partial charge on any atom is 0.247 e. The zero-order valence-electron chi connectivity index (χ0n) is 6.48. The van der Waals surface area contributed by atoms with Gasteiger partial charge in [0.1, 0.15) is 0 Å². The Labute approximate surface area is 61.3 Å². The second-order valence-electron chi connectivity index (χ2n) is 2.22. The SMILES string of the molecule is C=C(CC)C(=O)NC(C)N. The lowest BCUT2D eigenvalue weighted by atomic mass is 10.2. The summed E-state index contributed by atoms with van der Waals surface area (Å²) in [6.45, 7) is 7.15. The lowest BCUT2D eigenvalue weighted by Crippen LogP contribution is -2.39. The van der Waals surface area contributed by atoms with E-state index in [0.29, 0.717) is 12.0 Å². The Morgan fingerprint density at radius 3 is 2.60 bits per heavy atom. The number of hydrogen-bond donors (Lipinski definition) is 2. The normalized spacial score (nSPS) is 12.3. The molecule has 1 unspecified atom stereocenters. The molecule has 1 atom stereocenters. The fraction of sp³-hybridized carbons (Fsp3) is 0.571. The third kappa shape index (κ3) is 3.25. The van der Waals surface area contributed by atoms with Gasteiger partial charge in [-0.05, 0) is 13.3 Å². The van der Waals surface area contributed by atoms with Crippen LogP contribution in [0.3, 0.4) is 0 Å². The van der Waals surface area contributed by atoms with Gasteiger partial charge in [0.05, 0.1) is 6.17 Å². The molecule has 0 saturated carbocycles. The van der Waals surface area contributed by atoms with Crippen LogP contribution in [0.25, 0.3) is 0 Å². The number of carbonyl (C=O) groups excluding carboxylic acids is 1. The molecular formula is C7H14N2O. The first-order chi connectivity index (χ1) is 4.57. The second-order valence-corrected chi connectivity index (χ2v) is 2.22. The van der Waals surface area contributed by atoms with E-state index in [1.54, 1.807) is 6.92 Å². The fourth-order valence-corrected chi connectivity index (χ4v) is 0.469. The highest BCUT2D eigenvalue weighted by Crippen LogP contribution is 1.94. The van der Waals surface area contributed by atoms with Crippen LogP contribution in [-0.4, -0.2) is 12.1 Å². The van der Waals surface area contributed by atoms with Crippen molar-refractivity contribution in [3.8, 4) is 0 Å². The molecule has 3 nitrogen and oxygen atoms in total. The molecule has 0 aromatic rings. The van der Waals surface area contributed by atoms with Gasteiger partial charge in [-0.1, -0.05) is 13.5 Å². The molecule has 0 saturated heterocycles. The summed E-state index contributed by atoms with van der Waals surface area (Å²) in [5.41, 5.74) is 5.88. The first kappa shape index (κ1) is 9.17. The van der Waals surface area contributed by atoms with Crippen molar-refractivity contribution in [3.05, 3.63) is 12.2 Å². The summed E-state index contributed by atoms with van der Waals surface area (Å²) >= 11 is 0. The lowest BCUT2D eigenvalue weighted by Gasteiger charge is -2.08. The first-order valence-corrected chi connectivity index (χ1v) is 3.32. The van der Waals surface area contributed by atoms with Gasteiger partial charge in [0, 0.05) is 5.57 Å². The van der Waals surface area contributed by atoms with Crippen molar-refractivity contribution in [2.45, 2.75) is 26.4 Å². The maximum absolute atomic E-state index is 10.9. The van der Waals surface area contributed by atoms with Crippen LogP contribution in [0.4, 0.5) is 0 Å². The molecule has 0 heterocycles. The highest BCUT2D eigenvalue weighted by atomic mass is 16.1. The molecular weight excluding hydrogens is 128 g/mol. The zero-order valence-corrected chi connectivity index (χ0v) is 6.48. The van der Waals surface area contributed by atoms with Crippen molar-refractivity contribution < 1.29 is 4.79 Å². The van der Waals surface area contributed by atoms with Gasteiger partial charge in [-0.3, -0.25) is 4.79 Å². The molecule has 0 bridgehead atoms. The van der Waals surface area contributed by atoms with Gasteiger partial charge in [0.25, 0.3) is 0 Å². The molecule has 0 aliphatic rings. The smallest absolute Gasteiger partial charge is 0.247 e. The monoisotopic (exact) mass is 142 g/mol. The van der Waals surface area contributed by atoms with Crippen LogP contribution in [-0.2, 0) is 4.79 Å². The average molecular weight is 142 g/mol. The van der Waals surface area contributed by atoms with E-state index in [-0.39, 0.29) is 12.1 Å². The lowest BCUT2D eigenvalue weighted by molar-refractivity contribution is -0.118. The van der Waals surface area contributed by atoms with E-state index in [4.69, 9.17) is 5.73 Å². The summed E-state index contributed by atoms with van der Waals surface area (Å²) in [6, 6.07) is 0. The van der Waals surface area contributed by atoms with Crippen molar-refractivity contribution in [2.75, 3.05) is 0 Å². The van der Waals surface area contributed by atoms with Crippen LogP contribution in [0.1, 0.15) is 20.3 Å². The third-order valence-electron chi connectivity index (χ3n) is 1.11. The number of hydrogen-bond acceptors (Lipinski definition) is 2. The topological polar surface area (TPSA) is 55.1 Å². The van der Waals surface area contributed by atoms with Crippen molar-refractivity contribution in [1.29, 1.82) is 0 Å². The molecule has 0 aliphatic carbocycles. The van der Waals surface area contributed by atoms with E-state index in [1.165, 1.54) is 0 Å². The van der Waals surface area contributed by atoms with Crippen LogP contribution in [0, 0.1) is 0 Å². The second kappa shape index (κ2) is 4.06. The van der Waals surface area contributed by atoms with Crippen LogP contribution in [0.2, 0.25) is 0 Å². The standard InChI is InChI=1S/C7H14N2O/c1-4-5(2)7(10)9-6(3)8/h6H,2,4,8H2,1,3H3,(H,9,10). The van der Waals surface area contributed by atoms with E-state index < -0.39 is 0 Å². The minimum Gasteiger partial charge on any atom is -0.338 e. The Balaban J connectivity index is 3.74. The van der Waals surface area contributed by atoms with Crippen molar-refractivity contribution >= 4 is 5.91 Å². The molecule has 0 spiro atoms. The van der Waals surface area contributed by atoms with Gasteiger partial charge in [-0.2, -0.15) is 0 Å². The molecule has 0 aromatic carbocycles. The molecule has 0 fully saturated rings. The minimum absolute atomic E-state index is 0.155. The van der Waals surface area contributed by atoms with Crippen molar-refractivity contribution in [1.82, 2.24) is 5.32 Å². The Morgan fingerprint density at radius 2 is 2.30 bits per heavy atom. The minimum atomic E-state index is -0.296.